The van der Waals surface area contributed by atoms with Gasteiger partial charge in [0.05, 0.1) is 12.7 Å². The minimum absolute atomic E-state index is 0.0480. The molecule has 1 aliphatic rings. The molecular formula is C14H14N2O. The van der Waals surface area contributed by atoms with Gasteiger partial charge < -0.3 is 10.5 Å². The summed E-state index contributed by atoms with van der Waals surface area (Å²) in [6.45, 7) is 1.18. The second kappa shape index (κ2) is 4.28. The summed E-state index contributed by atoms with van der Waals surface area (Å²) in [5.74, 6) is 0. The Morgan fingerprint density at radius 2 is 2.06 bits per heavy atom. The first-order valence-electron chi connectivity index (χ1n) is 5.74. The molecule has 3 nitrogen and oxygen atoms in total. The molecule has 1 aromatic carbocycles. The van der Waals surface area contributed by atoms with Crippen LogP contribution in [0.1, 0.15) is 17.2 Å². The summed E-state index contributed by atoms with van der Waals surface area (Å²) in [5, 5.41) is 0. The molecule has 0 bridgehead atoms. The van der Waals surface area contributed by atoms with Crippen molar-refractivity contribution < 1.29 is 4.74 Å². The Labute approximate surface area is 100 Å². The minimum Gasteiger partial charge on any atom is -0.367 e. The van der Waals surface area contributed by atoms with Crippen LogP contribution < -0.4 is 5.73 Å². The maximum Gasteiger partial charge on any atom is 0.0955 e. The molecule has 2 aromatic rings. The highest BCUT2D eigenvalue weighted by Gasteiger charge is 2.24. The van der Waals surface area contributed by atoms with Crippen molar-refractivity contribution in [2.24, 2.45) is 5.73 Å². The third-order valence-corrected chi connectivity index (χ3v) is 3.19. The molecule has 0 unspecified atom stereocenters. The Bertz CT molecular complexity index is 525. The summed E-state index contributed by atoms with van der Waals surface area (Å²) in [5.41, 5.74) is 10.6. The van der Waals surface area contributed by atoms with Crippen molar-refractivity contribution in [1.82, 2.24) is 4.98 Å². The number of benzene rings is 1. The van der Waals surface area contributed by atoms with E-state index in [-0.39, 0.29) is 6.10 Å². The van der Waals surface area contributed by atoms with Gasteiger partial charge in [0.1, 0.15) is 0 Å². The topological polar surface area (TPSA) is 48.1 Å². The molecule has 3 rings (SSSR count). The zero-order chi connectivity index (χ0) is 11.7. The zero-order valence-corrected chi connectivity index (χ0v) is 9.47. The van der Waals surface area contributed by atoms with E-state index >= 15 is 0 Å². The van der Waals surface area contributed by atoms with Crippen molar-refractivity contribution in [1.29, 1.82) is 0 Å². The minimum atomic E-state index is 0.0480. The van der Waals surface area contributed by atoms with E-state index in [2.05, 4.69) is 23.2 Å². The Morgan fingerprint density at radius 1 is 1.24 bits per heavy atom. The largest absolute Gasteiger partial charge is 0.367 e. The van der Waals surface area contributed by atoms with Gasteiger partial charge >= 0.3 is 0 Å². The molecule has 17 heavy (non-hydrogen) atoms. The van der Waals surface area contributed by atoms with E-state index in [1.165, 1.54) is 22.3 Å². The average Bonchev–Trinajstić information content (AvgIpc) is 2.82. The summed E-state index contributed by atoms with van der Waals surface area (Å²) >= 11 is 0. The van der Waals surface area contributed by atoms with Crippen LogP contribution in [0.25, 0.3) is 11.1 Å². The Morgan fingerprint density at radius 3 is 2.82 bits per heavy atom. The van der Waals surface area contributed by atoms with E-state index in [1.807, 2.05) is 24.5 Å². The van der Waals surface area contributed by atoms with E-state index in [0.717, 1.165) is 0 Å². The van der Waals surface area contributed by atoms with Crippen molar-refractivity contribution in [3.63, 3.8) is 0 Å². The van der Waals surface area contributed by atoms with Crippen molar-refractivity contribution >= 4 is 0 Å². The van der Waals surface area contributed by atoms with Crippen LogP contribution in [0.2, 0.25) is 0 Å². The van der Waals surface area contributed by atoms with Crippen LogP contribution in [0.3, 0.4) is 0 Å². The summed E-state index contributed by atoms with van der Waals surface area (Å²) in [6, 6.07) is 10.3. The summed E-state index contributed by atoms with van der Waals surface area (Å²) in [6.07, 6.45) is 3.67. The molecule has 86 valence electrons. The average molecular weight is 226 g/mol. The number of aromatic nitrogens is 1. The van der Waals surface area contributed by atoms with Gasteiger partial charge in [-0.2, -0.15) is 0 Å². The maximum atomic E-state index is 5.70. The van der Waals surface area contributed by atoms with Crippen LogP contribution in [-0.4, -0.2) is 11.5 Å². The Hall–Kier alpha value is -1.71. The second-order valence-corrected chi connectivity index (χ2v) is 4.14. The highest BCUT2D eigenvalue weighted by Crippen LogP contribution is 2.36. The zero-order valence-electron chi connectivity index (χ0n) is 9.47. The number of ether oxygens (including phenoxy) is 1. The van der Waals surface area contributed by atoms with Crippen LogP contribution in [0, 0.1) is 0 Å². The van der Waals surface area contributed by atoms with Crippen molar-refractivity contribution in [3.05, 3.63) is 53.9 Å². The number of hydrogen-bond acceptors (Lipinski definition) is 3. The van der Waals surface area contributed by atoms with E-state index in [1.54, 1.807) is 0 Å². The first kappa shape index (κ1) is 10.4. The number of fused-ring (bicyclic) bond motifs is 1. The lowest BCUT2D eigenvalue weighted by Gasteiger charge is -2.09. The SMILES string of the molecule is NC[C@@H]1OCc2c(-c3ccncc3)cccc21. The molecule has 0 amide bonds. The van der Waals surface area contributed by atoms with E-state index in [4.69, 9.17) is 10.5 Å². The van der Waals surface area contributed by atoms with Gasteiger partial charge in [0, 0.05) is 18.9 Å². The van der Waals surface area contributed by atoms with E-state index in [9.17, 15) is 0 Å². The monoisotopic (exact) mass is 226 g/mol. The van der Waals surface area contributed by atoms with Crippen molar-refractivity contribution in [2.45, 2.75) is 12.7 Å². The number of nitrogens with zero attached hydrogens (tertiary/aromatic N) is 1. The highest BCUT2D eigenvalue weighted by molar-refractivity contribution is 5.69. The molecule has 2 heterocycles. The quantitative estimate of drug-likeness (QED) is 0.854. The molecule has 0 fully saturated rings. The van der Waals surface area contributed by atoms with Gasteiger partial charge in [-0.25, -0.2) is 0 Å². The molecule has 0 aliphatic carbocycles. The molecule has 0 radical (unpaired) electrons. The third-order valence-electron chi connectivity index (χ3n) is 3.19. The van der Waals surface area contributed by atoms with Gasteiger partial charge in [-0.15, -0.1) is 0 Å². The van der Waals surface area contributed by atoms with Crippen molar-refractivity contribution in [3.8, 4) is 11.1 Å². The van der Waals surface area contributed by atoms with Crippen LogP contribution in [0.5, 0.6) is 0 Å². The van der Waals surface area contributed by atoms with Crippen molar-refractivity contribution in [2.75, 3.05) is 6.54 Å². The molecular weight excluding hydrogens is 212 g/mol. The number of hydrogen-bond donors (Lipinski definition) is 1. The molecule has 1 aliphatic heterocycles. The van der Waals surface area contributed by atoms with Crippen LogP contribution in [0.15, 0.2) is 42.7 Å². The smallest absolute Gasteiger partial charge is 0.0955 e. The Balaban J connectivity index is 2.12. The standard InChI is InChI=1S/C14H14N2O/c15-8-14-12-3-1-2-11(13(12)9-17-14)10-4-6-16-7-5-10/h1-7,14H,8-9,15H2/t14-/m0/s1. The van der Waals surface area contributed by atoms with Gasteiger partial charge in [0.15, 0.2) is 0 Å². The normalized spacial score (nSPS) is 18.1. The fraction of sp³-hybridized carbons (Fsp3) is 0.214. The lowest BCUT2D eigenvalue weighted by atomic mass is 9.96. The number of pyridine rings is 1. The summed E-state index contributed by atoms with van der Waals surface area (Å²) in [7, 11) is 0. The molecule has 3 heteroatoms. The van der Waals surface area contributed by atoms with Crippen LogP contribution in [0.4, 0.5) is 0 Å². The van der Waals surface area contributed by atoms with Crippen LogP contribution >= 0.6 is 0 Å². The number of nitrogens with two attached hydrogens (primary N) is 1. The lowest BCUT2D eigenvalue weighted by Crippen LogP contribution is -2.10. The van der Waals surface area contributed by atoms with Gasteiger partial charge in [0.2, 0.25) is 0 Å². The molecule has 0 saturated heterocycles. The fourth-order valence-corrected chi connectivity index (χ4v) is 2.34. The van der Waals surface area contributed by atoms with Gasteiger partial charge in [0.25, 0.3) is 0 Å². The third kappa shape index (κ3) is 1.73. The van der Waals surface area contributed by atoms with Gasteiger partial charge in [-0.05, 0) is 34.4 Å². The molecule has 0 saturated carbocycles. The Kier molecular flexibility index (Phi) is 2.63. The van der Waals surface area contributed by atoms with E-state index < -0.39 is 0 Å². The predicted molar refractivity (Wildman–Crippen MR) is 66.3 cm³/mol. The summed E-state index contributed by atoms with van der Waals surface area (Å²) < 4.78 is 5.69. The maximum absolute atomic E-state index is 5.70. The predicted octanol–water partition coefficient (Wildman–Crippen LogP) is 2.28. The first-order valence-corrected chi connectivity index (χ1v) is 5.74. The molecule has 1 aromatic heterocycles. The van der Waals surface area contributed by atoms with Gasteiger partial charge in [-0.3, -0.25) is 4.98 Å². The molecule has 2 N–H and O–H groups in total. The summed E-state index contributed by atoms with van der Waals surface area (Å²) in [4.78, 5) is 4.04. The fourth-order valence-electron chi connectivity index (χ4n) is 2.34. The molecule has 0 spiro atoms. The molecule has 1 atom stereocenters. The lowest BCUT2D eigenvalue weighted by molar-refractivity contribution is 0.0725. The van der Waals surface area contributed by atoms with Crippen LogP contribution in [-0.2, 0) is 11.3 Å². The first-order chi connectivity index (χ1) is 8.40. The number of rotatable bonds is 2. The van der Waals surface area contributed by atoms with E-state index in [0.29, 0.717) is 13.2 Å². The second-order valence-electron chi connectivity index (χ2n) is 4.14. The van der Waals surface area contributed by atoms with Gasteiger partial charge in [-0.1, -0.05) is 18.2 Å². The highest BCUT2D eigenvalue weighted by atomic mass is 16.5.